The van der Waals surface area contributed by atoms with E-state index in [0.29, 0.717) is 23.0 Å². The van der Waals surface area contributed by atoms with Crippen LogP contribution in [-0.2, 0) is 0 Å². The van der Waals surface area contributed by atoms with Crippen molar-refractivity contribution in [2.75, 3.05) is 5.32 Å². The molecule has 3 aromatic heterocycles. The third-order valence-corrected chi connectivity index (χ3v) is 3.19. The van der Waals surface area contributed by atoms with Crippen LogP contribution in [0.5, 0.6) is 11.5 Å². The van der Waals surface area contributed by atoms with E-state index in [9.17, 15) is 4.79 Å². The van der Waals surface area contributed by atoms with Gasteiger partial charge in [0.2, 0.25) is 0 Å². The van der Waals surface area contributed by atoms with Gasteiger partial charge in [0.25, 0.3) is 5.91 Å². The molecule has 0 aliphatic rings. The fourth-order valence-electron chi connectivity index (χ4n) is 2.14. The van der Waals surface area contributed by atoms with Crippen LogP contribution in [0.4, 0.5) is 5.82 Å². The van der Waals surface area contributed by atoms with E-state index in [0.717, 1.165) is 5.56 Å². The monoisotopic (exact) mass is 320 g/mol. The van der Waals surface area contributed by atoms with Gasteiger partial charge in [-0.1, -0.05) is 0 Å². The number of nitrogens with one attached hydrogen (secondary N) is 1. The molecule has 0 unspecified atom stereocenters. The molecule has 6 heteroatoms. The number of pyridine rings is 3. The number of nitrogens with zero attached hydrogens (tertiary/aromatic N) is 3. The standard InChI is InChI=1S/C18H16N4O2/c1-12-5-7-20-17(8-12)22-18(23)16-10-15(9-13(2)21-16)24-14-4-3-6-19-11-14/h3-11H,1-2H3,(H,20,22,23). The Morgan fingerprint density at radius 2 is 1.96 bits per heavy atom. The Morgan fingerprint density at radius 1 is 1.08 bits per heavy atom. The molecular formula is C18H16N4O2. The van der Waals surface area contributed by atoms with Gasteiger partial charge in [-0.3, -0.25) is 9.78 Å². The molecule has 0 bridgehead atoms. The van der Waals surface area contributed by atoms with E-state index in [2.05, 4.69) is 20.3 Å². The molecule has 1 amide bonds. The number of carbonyl (C=O) groups excluding carboxylic acids is 1. The number of anilines is 1. The first-order valence-corrected chi connectivity index (χ1v) is 7.41. The summed E-state index contributed by atoms with van der Waals surface area (Å²) in [6, 6.07) is 10.6. The Bertz CT molecular complexity index is 866. The third-order valence-electron chi connectivity index (χ3n) is 3.19. The smallest absolute Gasteiger partial charge is 0.275 e. The highest BCUT2D eigenvalue weighted by molar-refractivity contribution is 6.02. The molecule has 3 heterocycles. The second kappa shape index (κ2) is 6.87. The molecule has 0 fully saturated rings. The highest BCUT2D eigenvalue weighted by Crippen LogP contribution is 2.22. The first-order valence-electron chi connectivity index (χ1n) is 7.41. The fraction of sp³-hybridized carbons (Fsp3) is 0.111. The number of ether oxygens (including phenoxy) is 1. The minimum Gasteiger partial charge on any atom is -0.456 e. The molecule has 0 spiro atoms. The van der Waals surface area contributed by atoms with Crippen LogP contribution in [0.15, 0.2) is 55.0 Å². The Kier molecular flexibility index (Phi) is 4.47. The van der Waals surface area contributed by atoms with E-state index in [1.165, 1.54) is 0 Å². The van der Waals surface area contributed by atoms with Crippen molar-refractivity contribution in [3.8, 4) is 11.5 Å². The average molecular weight is 320 g/mol. The number of carbonyl (C=O) groups is 1. The molecule has 6 nitrogen and oxygen atoms in total. The number of rotatable bonds is 4. The Labute approximate surface area is 139 Å². The van der Waals surface area contributed by atoms with Crippen LogP contribution in [0, 0.1) is 13.8 Å². The lowest BCUT2D eigenvalue weighted by molar-refractivity contribution is 0.102. The Hall–Kier alpha value is -3.28. The first kappa shape index (κ1) is 15.6. The Morgan fingerprint density at radius 3 is 2.71 bits per heavy atom. The number of hydrogen-bond acceptors (Lipinski definition) is 5. The van der Waals surface area contributed by atoms with Crippen molar-refractivity contribution in [3.05, 3.63) is 71.9 Å². The van der Waals surface area contributed by atoms with E-state index in [1.807, 2.05) is 13.0 Å². The van der Waals surface area contributed by atoms with Crippen LogP contribution < -0.4 is 10.1 Å². The zero-order chi connectivity index (χ0) is 16.9. The summed E-state index contributed by atoms with van der Waals surface area (Å²) in [7, 11) is 0. The van der Waals surface area contributed by atoms with E-state index in [-0.39, 0.29) is 11.6 Å². The topological polar surface area (TPSA) is 77.0 Å². The molecule has 0 saturated heterocycles. The van der Waals surface area contributed by atoms with Gasteiger partial charge in [0.05, 0.1) is 6.20 Å². The predicted octanol–water partition coefficient (Wildman–Crippen LogP) is 3.53. The van der Waals surface area contributed by atoms with E-state index >= 15 is 0 Å². The maximum Gasteiger partial charge on any atom is 0.275 e. The van der Waals surface area contributed by atoms with Gasteiger partial charge in [-0.05, 0) is 43.7 Å². The molecule has 0 radical (unpaired) electrons. The highest BCUT2D eigenvalue weighted by atomic mass is 16.5. The van der Waals surface area contributed by atoms with Crippen LogP contribution in [0.25, 0.3) is 0 Å². The SMILES string of the molecule is Cc1ccnc(NC(=O)c2cc(Oc3cccnc3)cc(C)n2)c1. The molecule has 1 N–H and O–H groups in total. The highest BCUT2D eigenvalue weighted by Gasteiger charge is 2.12. The summed E-state index contributed by atoms with van der Waals surface area (Å²) in [5.41, 5.74) is 1.95. The molecule has 0 aliphatic heterocycles. The van der Waals surface area contributed by atoms with Crippen LogP contribution in [0.3, 0.4) is 0 Å². The molecule has 120 valence electrons. The van der Waals surface area contributed by atoms with Crippen molar-refractivity contribution in [2.45, 2.75) is 13.8 Å². The summed E-state index contributed by atoms with van der Waals surface area (Å²) >= 11 is 0. The van der Waals surface area contributed by atoms with Gasteiger partial charge < -0.3 is 10.1 Å². The predicted molar refractivity (Wildman–Crippen MR) is 90.2 cm³/mol. The zero-order valence-electron chi connectivity index (χ0n) is 13.4. The summed E-state index contributed by atoms with van der Waals surface area (Å²) < 4.78 is 5.72. The van der Waals surface area contributed by atoms with Crippen molar-refractivity contribution >= 4 is 11.7 Å². The fourth-order valence-corrected chi connectivity index (χ4v) is 2.14. The van der Waals surface area contributed by atoms with Gasteiger partial charge in [0.15, 0.2) is 0 Å². The zero-order valence-corrected chi connectivity index (χ0v) is 13.4. The molecule has 0 aliphatic carbocycles. The minimum atomic E-state index is -0.340. The number of amides is 1. The molecular weight excluding hydrogens is 304 g/mol. The normalized spacial score (nSPS) is 10.2. The molecule has 3 aromatic rings. The van der Waals surface area contributed by atoms with E-state index in [1.54, 1.807) is 55.8 Å². The van der Waals surface area contributed by atoms with Crippen LogP contribution in [-0.4, -0.2) is 20.9 Å². The molecule has 0 aromatic carbocycles. The lowest BCUT2D eigenvalue weighted by Crippen LogP contribution is -2.15. The summed E-state index contributed by atoms with van der Waals surface area (Å²) in [5, 5.41) is 2.74. The quantitative estimate of drug-likeness (QED) is 0.795. The number of hydrogen-bond donors (Lipinski definition) is 1. The first-order chi connectivity index (χ1) is 11.6. The van der Waals surface area contributed by atoms with Crippen LogP contribution in [0.2, 0.25) is 0 Å². The van der Waals surface area contributed by atoms with Crippen LogP contribution >= 0.6 is 0 Å². The van der Waals surface area contributed by atoms with Gasteiger partial charge in [0.1, 0.15) is 23.0 Å². The number of aromatic nitrogens is 3. The maximum atomic E-state index is 12.4. The number of aryl methyl sites for hydroxylation is 2. The third kappa shape index (κ3) is 3.92. The van der Waals surface area contributed by atoms with Crippen molar-refractivity contribution in [1.29, 1.82) is 0 Å². The van der Waals surface area contributed by atoms with Gasteiger partial charge in [0, 0.05) is 30.2 Å². The molecule has 0 atom stereocenters. The lowest BCUT2D eigenvalue weighted by atomic mass is 10.2. The van der Waals surface area contributed by atoms with Crippen LogP contribution in [0.1, 0.15) is 21.7 Å². The summed E-state index contributed by atoms with van der Waals surface area (Å²) in [6.07, 6.45) is 4.91. The average Bonchev–Trinajstić information content (AvgIpc) is 2.55. The van der Waals surface area contributed by atoms with E-state index < -0.39 is 0 Å². The van der Waals surface area contributed by atoms with Crippen molar-refractivity contribution in [1.82, 2.24) is 15.0 Å². The van der Waals surface area contributed by atoms with Gasteiger partial charge in [-0.15, -0.1) is 0 Å². The van der Waals surface area contributed by atoms with E-state index in [4.69, 9.17) is 4.74 Å². The van der Waals surface area contributed by atoms with Crippen molar-refractivity contribution in [2.24, 2.45) is 0 Å². The largest absolute Gasteiger partial charge is 0.456 e. The molecule has 3 rings (SSSR count). The minimum absolute atomic E-state index is 0.261. The second-order valence-corrected chi connectivity index (χ2v) is 5.29. The van der Waals surface area contributed by atoms with Crippen molar-refractivity contribution < 1.29 is 9.53 Å². The van der Waals surface area contributed by atoms with Crippen molar-refractivity contribution in [3.63, 3.8) is 0 Å². The summed E-state index contributed by atoms with van der Waals surface area (Å²) in [6.45, 7) is 3.74. The Balaban J connectivity index is 1.81. The van der Waals surface area contributed by atoms with Gasteiger partial charge >= 0.3 is 0 Å². The molecule has 0 saturated carbocycles. The molecule has 24 heavy (non-hydrogen) atoms. The second-order valence-electron chi connectivity index (χ2n) is 5.29. The van der Waals surface area contributed by atoms with Gasteiger partial charge in [-0.25, -0.2) is 9.97 Å². The maximum absolute atomic E-state index is 12.4. The van der Waals surface area contributed by atoms with Gasteiger partial charge in [-0.2, -0.15) is 0 Å². The summed E-state index contributed by atoms with van der Waals surface area (Å²) in [4.78, 5) is 24.8. The lowest BCUT2D eigenvalue weighted by Gasteiger charge is -2.09. The summed E-state index contributed by atoms with van der Waals surface area (Å²) in [5.74, 6) is 1.26.